The highest BCUT2D eigenvalue weighted by molar-refractivity contribution is 7.27. The molecule has 4 heteroatoms. The van der Waals surface area contributed by atoms with E-state index in [1.54, 1.807) is 0 Å². The Labute approximate surface area is 333 Å². The maximum Gasteiger partial charge on any atom is 0.145 e. The van der Waals surface area contributed by atoms with Gasteiger partial charge in [-0.3, -0.25) is 4.57 Å². The van der Waals surface area contributed by atoms with Gasteiger partial charge < -0.3 is 4.57 Å². The number of rotatable bonds is 3. The molecule has 0 unspecified atom stereocenters. The zero-order valence-corrected chi connectivity index (χ0v) is 32.7. The summed E-state index contributed by atoms with van der Waals surface area (Å²) >= 11 is 1.94. The largest absolute Gasteiger partial charge is 0.308 e. The van der Waals surface area contributed by atoms with E-state index in [1.807, 2.05) is 11.3 Å². The standard InChI is InChI=1S/C53H37N3S/c1-53(2,3)33-27-30-45-42(31-33)46-39-20-10-12-22-41(39)50-48(51(46)57-45)47-38-19-9-7-17-36(38)37-18-8-11-21-40(37)49(47)56(50)35-28-25-32(26-29-35)52-54-43-23-13-14-24-44(43)55(52)34-15-5-4-6-16-34/h4-31H,1-3H3. The SMILES string of the molecule is CC(C)(C)c1ccc2sc3c(c2c1)c1ccccc1c1c3c2c3ccccc3c3ccccc3c2n1-c1ccc(-c2nc3ccccc3n2-c2ccccc2)cc1. The van der Waals surface area contributed by atoms with Crippen LogP contribution in [0.3, 0.4) is 0 Å². The molecule has 0 N–H and O–H groups in total. The van der Waals surface area contributed by atoms with Crippen LogP contribution in [0.2, 0.25) is 0 Å². The number of aromatic nitrogens is 3. The van der Waals surface area contributed by atoms with Gasteiger partial charge in [0.05, 0.1) is 22.1 Å². The van der Waals surface area contributed by atoms with E-state index in [9.17, 15) is 0 Å². The lowest BCUT2D eigenvalue weighted by molar-refractivity contribution is 0.591. The molecule has 12 aromatic rings. The Morgan fingerprint density at radius 1 is 0.456 bits per heavy atom. The number of benzene rings is 9. The quantitative estimate of drug-likeness (QED) is 0.165. The van der Waals surface area contributed by atoms with Gasteiger partial charge in [0.25, 0.3) is 0 Å². The summed E-state index contributed by atoms with van der Waals surface area (Å²) in [5.41, 5.74) is 9.27. The summed E-state index contributed by atoms with van der Waals surface area (Å²) < 4.78 is 7.52. The van der Waals surface area contributed by atoms with Crippen LogP contribution in [0.1, 0.15) is 26.3 Å². The molecule has 0 spiro atoms. The van der Waals surface area contributed by atoms with Gasteiger partial charge in [-0.15, -0.1) is 11.3 Å². The summed E-state index contributed by atoms with van der Waals surface area (Å²) in [6.07, 6.45) is 0. The highest BCUT2D eigenvalue weighted by atomic mass is 32.1. The number of nitrogens with zero attached hydrogens (tertiary/aromatic N) is 3. The maximum atomic E-state index is 5.20. The second-order valence-electron chi connectivity index (χ2n) is 16.3. The molecule has 270 valence electrons. The minimum Gasteiger partial charge on any atom is -0.308 e. The van der Waals surface area contributed by atoms with Gasteiger partial charge in [-0.25, -0.2) is 4.98 Å². The molecule has 0 atom stereocenters. The first kappa shape index (κ1) is 32.5. The summed E-state index contributed by atoms with van der Waals surface area (Å²) in [4.78, 5) is 5.20. The Balaban J connectivity index is 1.23. The van der Waals surface area contributed by atoms with Gasteiger partial charge in [0.2, 0.25) is 0 Å². The average Bonchev–Trinajstić information content (AvgIpc) is 3.94. The molecule has 9 aromatic carbocycles. The van der Waals surface area contributed by atoms with Crippen LogP contribution >= 0.6 is 11.3 Å². The lowest BCUT2D eigenvalue weighted by Gasteiger charge is -2.19. The monoisotopic (exact) mass is 747 g/mol. The van der Waals surface area contributed by atoms with E-state index < -0.39 is 0 Å². The van der Waals surface area contributed by atoms with Gasteiger partial charge in [-0.2, -0.15) is 0 Å². The minimum atomic E-state index is 0.0463. The first-order valence-electron chi connectivity index (χ1n) is 19.7. The Bertz CT molecular complexity index is 3600. The van der Waals surface area contributed by atoms with Crippen LogP contribution in [0, 0.1) is 0 Å². The highest BCUT2D eigenvalue weighted by Gasteiger charge is 2.26. The molecule has 3 aromatic heterocycles. The number of imidazole rings is 1. The number of fused-ring (bicyclic) bond motifs is 16. The second kappa shape index (κ2) is 11.9. The molecule has 0 fully saturated rings. The summed E-state index contributed by atoms with van der Waals surface area (Å²) in [5, 5.41) is 13.0. The molecule has 0 saturated heterocycles. The van der Waals surface area contributed by atoms with Crippen LogP contribution in [0.25, 0.3) is 108 Å². The molecular formula is C53H37N3S. The predicted molar refractivity (Wildman–Crippen MR) is 245 cm³/mol. The van der Waals surface area contributed by atoms with Crippen LogP contribution in [0.5, 0.6) is 0 Å². The minimum absolute atomic E-state index is 0.0463. The van der Waals surface area contributed by atoms with E-state index in [4.69, 9.17) is 4.98 Å². The molecule has 57 heavy (non-hydrogen) atoms. The molecule has 0 radical (unpaired) electrons. The zero-order chi connectivity index (χ0) is 38.0. The van der Waals surface area contributed by atoms with E-state index >= 15 is 0 Å². The normalized spacial score (nSPS) is 12.5. The molecule has 0 aliphatic carbocycles. The van der Waals surface area contributed by atoms with Gasteiger partial charge in [0.15, 0.2) is 0 Å². The van der Waals surface area contributed by atoms with Crippen LogP contribution in [-0.4, -0.2) is 14.1 Å². The van der Waals surface area contributed by atoms with Crippen molar-refractivity contribution in [2.24, 2.45) is 0 Å². The zero-order valence-electron chi connectivity index (χ0n) is 31.9. The fourth-order valence-electron chi connectivity index (χ4n) is 9.42. The van der Waals surface area contributed by atoms with Gasteiger partial charge >= 0.3 is 0 Å². The van der Waals surface area contributed by atoms with Crippen LogP contribution in [0.15, 0.2) is 170 Å². The summed E-state index contributed by atoms with van der Waals surface area (Å²) in [6.45, 7) is 6.94. The first-order chi connectivity index (χ1) is 27.9. The third-order valence-corrected chi connectivity index (χ3v) is 13.2. The van der Waals surface area contributed by atoms with Crippen molar-refractivity contribution in [2.45, 2.75) is 26.2 Å². The van der Waals surface area contributed by atoms with Gasteiger partial charge in [-0.05, 0) is 93.2 Å². The van der Waals surface area contributed by atoms with E-state index in [2.05, 4.69) is 200 Å². The fourth-order valence-corrected chi connectivity index (χ4v) is 10.7. The molecule has 0 aliphatic heterocycles. The third kappa shape index (κ3) is 4.62. The Morgan fingerprint density at radius 2 is 1.02 bits per heavy atom. The van der Waals surface area contributed by atoms with Gasteiger partial charge in [-0.1, -0.05) is 130 Å². The van der Waals surface area contributed by atoms with Crippen molar-refractivity contribution in [3.63, 3.8) is 0 Å². The van der Waals surface area contributed by atoms with Gasteiger partial charge in [0.1, 0.15) is 5.82 Å². The average molecular weight is 748 g/mol. The molecular weight excluding hydrogens is 711 g/mol. The van der Waals surface area contributed by atoms with Crippen molar-refractivity contribution in [3.8, 4) is 22.8 Å². The van der Waals surface area contributed by atoms with Crippen molar-refractivity contribution in [3.05, 3.63) is 175 Å². The van der Waals surface area contributed by atoms with E-state index in [0.29, 0.717) is 0 Å². The van der Waals surface area contributed by atoms with Crippen LogP contribution in [0.4, 0.5) is 0 Å². The van der Waals surface area contributed by atoms with Crippen LogP contribution < -0.4 is 0 Å². The molecule has 0 aliphatic rings. The number of hydrogen-bond acceptors (Lipinski definition) is 2. The number of para-hydroxylation sites is 3. The fraction of sp³-hybridized carbons (Fsp3) is 0.0755. The van der Waals surface area contributed by atoms with E-state index in [0.717, 1.165) is 33.8 Å². The third-order valence-electron chi connectivity index (χ3n) is 12.0. The summed E-state index contributed by atoms with van der Waals surface area (Å²) in [7, 11) is 0. The Morgan fingerprint density at radius 3 is 1.74 bits per heavy atom. The lowest BCUT2D eigenvalue weighted by Crippen LogP contribution is -2.10. The lowest BCUT2D eigenvalue weighted by atomic mass is 9.86. The summed E-state index contributed by atoms with van der Waals surface area (Å²) in [5.74, 6) is 0.930. The molecule has 3 heterocycles. The van der Waals surface area contributed by atoms with Gasteiger partial charge in [0, 0.05) is 58.7 Å². The van der Waals surface area contributed by atoms with Crippen molar-refractivity contribution >= 4 is 96.7 Å². The first-order valence-corrected chi connectivity index (χ1v) is 20.5. The van der Waals surface area contributed by atoms with E-state index in [1.165, 1.54) is 79.9 Å². The maximum absolute atomic E-state index is 5.20. The summed E-state index contributed by atoms with van der Waals surface area (Å²) in [6, 6.07) is 62.3. The van der Waals surface area contributed by atoms with Crippen molar-refractivity contribution in [1.82, 2.24) is 14.1 Å². The molecule has 0 saturated carbocycles. The topological polar surface area (TPSA) is 22.8 Å². The number of thiophene rings is 1. The molecule has 0 amide bonds. The van der Waals surface area contributed by atoms with Crippen molar-refractivity contribution in [2.75, 3.05) is 0 Å². The highest BCUT2D eigenvalue weighted by Crippen LogP contribution is 2.51. The molecule has 0 bridgehead atoms. The Hall–Kier alpha value is -6.75. The molecule has 3 nitrogen and oxygen atoms in total. The Kier molecular flexibility index (Phi) is 6.77. The second-order valence-corrected chi connectivity index (χ2v) is 17.4. The van der Waals surface area contributed by atoms with Crippen LogP contribution in [-0.2, 0) is 5.41 Å². The molecule has 12 rings (SSSR count). The van der Waals surface area contributed by atoms with E-state index in [-0.39, 0.29) is 5.41 Å². The van der Waals surface area contributed by atoms with Crippen molar-refractivity contribution in [1.29, 1.82) is 0 Å². The number of hydrogen-bond donors (Lipinski definition) is 0. The van der Waals surface area contributed by atoms with Crippen molar-refractivity contribution < 1.29 is 0 Å². The smallest absolute Gasteiger partial charge is 0.145 e. The predicted octanol–water partition coefficient (Wildman–Crippen LogP) is 14.9.